The number of morpholine rings is 1. The Morgan fingerprint density at radius 1 is 1.32 bits per heavy atom. The van der Waals surface area contributed by atoms with Crippen LogP contribution in [0.3, 0.4) is 0 Å². The van der Waals surface area contributed by atoms with Gasteiger partial charge in [0.15, 0.2) is 5.82 Å². The number of hydrogen-bond donors (Lipinski definition) is 0. The van der Waals surface area contributed by atoms with Crippen molar-refractivity contribution < 1.29 is 14.3 Å². The predicted octanol–water partition coefficient (Wildman–Crippen LogP) is 5.03. The molecule has 9 heteroatoms. The Bertz CT molecular complexity index is 965. The van der Waals surface area contributed by atoms with Gasteiger partial charge >= 0.3 is 0 Å². The molecule has 0 bridgehead atoms. The maximum atomic E-state index is 13.3. The van der Waals surface area contributed by atoms with Crippen LogP contribution in [0, 0.1) is 6.92 Å². The van der Waals surface area contributed by atoms with Crippen molar-refractivity contribution in [3.05, 3.63) is 39.6 Å². The van der Waals surface area contributed by atoms with E-state index >= 15 is 0 Å². The van der Waals surface area contributed by atoms with Crippen LogP contribution in [0.15, 0.2) is 23.2 Å². The standard InChI is InChI=1S/C22H32ClN3O3SSi/c1-16-12-18-19(13-17(16)23)26(15-29-10-11-31(3,4)5)22(24-18)20(27)14-21(30-2)25-6-8-28-9-7-25/h12-14H,6-11,15H2,1-5H3. The summed E-state index contributed by atoms with van der Waals surface area (Å²) in [4.78, 5) is 20.1. The third-order valence-electron chi connectivity index (χ3n) is 5.25. The summed E-state index contributed by atoms with van der Waals surface area (Å²) in [6.45, 7) is 12.8. The van der Waals surface area contributed by atoms with E-state index in [1.54, 1.807) is 17.8 Å². The number of aromatic nitrogens is 2. The van der Waals surface area contributed by atoms with Gasteiger partial charge in [0.25, 0.3) is 0 Å². The van der Waals surface area contributed by atoms with Gasteiger partial charge in [-0.1, -0.05) is 31.2 Å². The average Bonchev–Trinajstić information content (AvgIpc) is 3.07. The van der Waals surface area contributed by atoms with Crippen LogP contribution in [-0.2, 0) is 16.2 Å². The molecule has 3 rings (SSSR count). The number of aryl methyl sites for hydroxylation is 1. The Balaban J connectivity index is 1.91. The number of carbonyl (C=O) groups excluding carboxylic acids is 1. The maximum absolute atomic E-state index is 13.3. The van der Waals surface area contributed by atoms with Gasteiger partial charge in [0.05, 0.1) is 29.3 Å². The second-order valence-electron chi connectivity index (χ2n) is 8.95. The molecule has 0 aliphatic carbocycles. The number of halogens is 1. The Morgan fingerprint density at radius 2 is 2.03 bits per heavy atom. The van der Waals surface area contributed by atoms with Gasteiger partial charge in [-0.2, -0.15) is 0 Å². The third kappa shape index (κ3) is 6.35. The molecular formula is C22H32ClN3O3SSi. The minimum absolute atomic E-state index is 0.130. The number of carbonyl (C=O) groups is 1. The molecule has 0 radical (unpaired) electrons. The number of imidazole rings is 1. The SMILES string of the molecule is CSC(=CC(=O)c1nc2cc(C)c(Cl)cc2n1COCC[Si](C)(C)C)N1CCOCC1. The van der Waals surface area contributed by atoms with Gasteiger partial charge in [-0.3, -0.25) is 9.36 Å². The molecule has 1 aliphatic heterocycles. The van der Waals surface area contributed by atoms with Crippen molar-refractivity contribution in [2.24, 2.45) is 0 Å². The molecule has 0 saturated carbocycles. The fourth-order valence-corrected chi connectivity index (χ4v) is 4.92. The highest BCUT2D eigenvalue weighted by Crippen LogP contribution is 2.26. The zero-order valence-corrected chi connectivity index (χ0v) is 21.6. The number of benzene rings is 1. The first-order valence-corrected chi connectivity index (χ1v) is 15.9. The van der Waals surface area contributed by atoms with E-state index in [9.17, 15) is 4.79 Å². The van der Waals surface area contributed by atoms with Crippen molar-refractivity contribution in [3.8, 4) is 0 Å². The minimum Gasteiger partial charge on any atom is -0.378 e. The zero-order valence-electron chi connectivity index (χ0n) is 19.0. The number of ether oxygens (including phenoxy) is 2. The summed E-state index contributed by atoms with van der Waals surface area (Å²) < 4.78 is 13.3. The van der Waals surface area contributed by atoms with Crippen LogP contribution in [0.5, 0.6) is 0 Å². The number of thioether (sulfide) groups is 1. The molecule has 1 fully saturated rings. The summed E-state index contributed by atoms with van der Waals surface area (Å²) in [5.74, 6) is 0.249. The Morgan fingerprint density at radius 3 is 2.68 bits per heavy atom. The molecular weight excluding hydrogens is 450 g/mol. The Labute approximate surface area is 194 Å². The van der Waals surface area contributed by atoms with E-state index < -0.39 is 8.07 Å². The molecule has 0 amide bonds. The molecule has 1 aliphatic rings. The van der Waals surface area contributed by atoms with E-state index in [1.807, 2.05) is 29.9 Å². The van der Waals surface area contributed by atoms with Gasteiger partial charge in [-0.15, -0.1) is 11.8 Å². The van der Waals surface area contributed by atoms with E-state index in [4.69, 9.17) is 21.1 Å². The first-order valence-electron chi connectivity index (χ1n) is 10.6. The van der Waals surface area contributed by atoms with Crippen molar-refractivity contribution in [1.29, 1.82) is 0 Å². The summed E-state index contributed by atoms with van der Waals surface area (Å²) in [6, 6.07) is 4.86. The molecule has 0 N–H and O–H groups in total. The van der Waals surface area contributed by atoms with Crippen LogP contribution in [0.2, 0.25) is 30.7 Å². The van der Waals surface area contributed by atoms with Crippen LogP contribution in [0.4, 0.5) is 0 Å². The monoisotopic (exact) mass is 481 g/mol. The first-order chi connectivity index (χ1) is 14.7. The molecule has 2 aromatic rings. The molecule has 0 spiro atoms. The van der Waals surface area contributed by atoms with E-state index in [0.29, 0.717) is 30.7 Å². The second kappa shape index (κ2) is 10.5. The number of hydrogen-bond acceptors (Lipinski definition) is 6. The molecule has 1 aromatic carbocycles. The number of nitrogens with zero attached hydrogens (tertiary/aromatic N) is 3. The molecule has 1 saturated heterocycles. The third-order valence-corrected chi connectivity index (χ3v) is 8.16. The zero-order chi connectivity index (χ0) is 22.6. The Kier molecular flexibility index (Phi) is 8.26. The predicted molar refractivity (Wildman–Crippen MR) is 132 cm³/mol. The van der Waals surface area contributed by atoms with E-state index in [1.165, 1.54) is 0 Å². The number of fused-ring (bicyclic) bond motifs is 1. The maximum Gasteiger partial charge on any atom is 0.223 e. The molecule has 170 valence electrons. The number of ketones is 1. The second-order valence-corrected chi connectivity index (χ2v) is 15.8. The fourth-order valence-electron chi connectivity index (χ4n) is 3.34. The largest absolute Gasteiger partial charge is 0.378 e. The smallest absolute Gasteiger partial charge is 0.223 e. The van der Waals surface area contributed by atoms with Crippen LogP contribution in [0.1, 0.15) is 16.2 Å². The van der Waals surface area contributed by atoms with Gasteiger partial charge < -0.3 is 14.4 Å². The van der Waals surface area contributed by atoms with Crippen LogP contribution >= 0.6 is 23.4 Å². The first kappa shape index (κ1) is 24.3. The molecule has 1 aromatic heterocycles. The van der Waals surface area contributed by atoms with Crippen molar-refractivity contribution in [1.82, 2.24) is 14.5 Å². The molecule has 31 heavy (non-hydrogen) atoms. The lowest BCUT2D eigenvalue weighted by molar-refractivity contribution is 0.0573. The molecule has 0 atom stereocenters. The highest BCUT2D eigenvalue weighted by Gasteiger charge is 2.21. The van der Waals surface area contributed by atoms with Crippen molar-refractivity contribution >= 4 is 48.3 Å². The fraction of sp³-hybridized carbons (Fsp3) is 0.545. The van der Waals surface area contributed by atoms with E-state index in [0.717, 1.165) is 40.8 Å². The van der Waals surface area contributed by atoms with Crippen LogP contribution in [-0.4, -0.2) is 67.5 Å². The van der Waals surface area contributed by atoms with Crippen molar-refractivity contribution in [2.75, 3.05) is 39.2 Å². The lowest BCUT2D eigenvalue weighted by Gasteiger charge is -2.29. The summed E-state index contributed by atoms with van der Waals surface area (Å²) in [6.07, 6.45) is 3.67. The number of allylic oxidation sites excluding steroid dienone is 1. The van der Waals surface area contributed by atoms with Gasteiger partial charge in [0.2, 0.25) is 5.78 Å². The minimum atomic E-state index is -1.20. The van der Waals surface area contributed by atoms with E-state index in [2.05, 4.69) is 29.5 Å². The lowest BCUT2D eigenvalue weighted by Crippen LogP contribution is -2.35. The summed E-state index contributed by atoms with van der Waals surface area (Å²) in [5, 5.41) is 1.59. The normalized spacial score (nSPS) is 15.7. The quantitative estimate of drug-likeness (QED) is 0.217. The molecule has 2 heterocycles. The van der Waals surface area contributed by atoms with E-state index in [-0.39, 0.29) is 12.5 Å². The van der Waals surface area contributed by atoms with Crippen LogP contribution in [0.25, 0.3) is 11.0 Å². The number of rotatable bonds is 9. The average molecular weight is 482 g/mol. The highest BCUT2D eigenvalue weighted by atomic mass is 35.5. The Hall–Kier alpha value is -1.32. The summed E-state index contributed by atoms with van der Waals surface area (Å²) >= 11 is 7.95. The summed E-state index contributed by atoms with van der Waals surface area (Å²) in [7, 11) is -1.20. The highest BCUT2D eigenvalue weighted by molar-refractivity contribution is 8.02. The van der Waals surface area contributed by atoms with Crippen LogP contribution < -0.4 is 0 Å². The topological polar surface area (TPSA) is 56.6 Å². The van der Waals surface area contributed by atoms with Gasteiger partial charge in [0.1, 0.15) is 6.73 Å². The van der Waals surface area contributed by atoms with Gasteiger partial charge in [-0.25, -0.2) is 4.98 Å². The van der Waals surface area contributed by atoms with Gasteiger partial charge in [0, 0.05) is 38.9 Å². The molecule has 0 unspecified atom stereocenters. The van der Waals surface area contributed by atoms with Crippen molar-refractivity contribution in [3.63, 3.8) is 0 Å². The lowest BCUT2D eigenvalue weighted by atomic mass is 10.2. The molecule has 6 nitrogen and oxygen atoms in total. The summed E-state index contributed by atoms with van der Waals surface area (Å²) in [5.41, 5.74) is 2.51. The van der Waals surface area contributed by atoms with Gasteiger partial charge in [-0.05, 0) is 36.9 Å². The van der Waals surface area contributed by atoms with Crippen molar-refractivity contribution in [2.45, 2.75) is 39.3 Å².